The molecule has 0 aromatic heterocycles. The summed E-state index contributed by atoms with van der Waals surface area (Å²) in [5.74, 6) is 0.584. The second-order valence-electron chi connectivity index (χ2n) is 3.50. The van der Waals surface area contributed by atoms with E-state index in [0.717, 1.165) is 11.1 Å². The molecule has 0 amide bonds. The van der Waals surface area contributed by atoms with Gasteiger partial charge in [-0.15, -0.1) is 0 Å². The van der Waals surface area contributed by atoms with Crippen LogP contribution in [0.3, 0.4) is 0 Å². The van der Waals surface area contributed by atoms with Crippen LogP contribution in [0.25, 0.3) is 0 Å². The SMILES string of the molecule is Cc1c(N)cc(C(C)C)c(O)c1Br. The first kappa shape index (κ1) is 10.4. The van der Waals surface area contributed by atoms with E-state index in [4.69, 9.17) is 5.73 Å². The highest BCUT2D eigenvalue weighted by Gasteiger charge is 2.13. The minimum absolute atomic E-state index is 0.277. The second kappa shape index (κ2) is 3.58. The van der Waals surface area contributed by atoms with Crippen molar-refractivity contribution in [1.29, 1.82) is 0 Å². The third-order valence-corrected chi connectivity index (χ3v) is 3.15. The van der Waals surface area contributed by atoms with Crippen LogP contribution < -0.4 is 5.73 Å². The predicted octanol–water partition coefficient (Wildman–Crippen LogP) is 3.17. The molecule has 0 bridgehead atoms. The molecule has 1 rings (SSSR count). The maximum absolute atomic E-state index is 9.77. The molecule has 0 unspecified atom stereocenters. The van der Waals surface area contributed by atoms with Crippen molar-refractivity contribution in [3.63, 3.8) is 0 Å². The van der Waals surface area contributed by atoms with Gasteiger partial charge < -0.3 is 10.8 Å². The third kappa shape index (κ3) is 1.80. The van der Waals surface area contributed by atoms with Crippen molar-refractivity contribution in [3.05, 3.63) is 21.7 Å². The Morgan fingerprint density at radius 2 is 2.00 bits per heavy atom. The fourth-order valence-corrected chi connectivity index (χ4v) is 1.67. The zero-order valence-electron chi connectivity index (χ0n) is 8.06. The molecule has 3 heteroatoms. The minimum Gasteiger partial charge on any atom is -0.506 e. The van der Waals surface area contributed by atoms with E-state index in [1.54, 1.807) is 0 Å². The Labute approximate surface area is 86.9 Å². The van der Waals surface area contributed by atoms with E-state index >= 15 is 0 Å². The molecule has 0 aliphatic carbocycles. The first-order chi connectivity index (χ1) is 5.95. The van der Waals surface area contributed by atoms with E-state index in [1.807, 2.05) is 26.8 Å². The molecule has 0 aliphatic rings. The van der Waals surface area contributed by atoms with Crippen molar-refractivity contribution >= 4 is 21.6 Å². The fourth-order valence-electron chi connectivity index (χ4n) is 1.22. The minimum atomic E-state index is 0.277. The second-order valence-corrected chi connectivity index (χ2v) is 4.29. The highest BCUT2D eigenvalue weighted by atomic mass is 79.9. The number of phenols is 1. The number of nitrogens with two attached hydrogens (primary N) is 1. The van der Waals surface area contributed by atoms with Gasteiger partial charge in [-0.3, -0.25) is 0 Å². The van der Waals surface area contributed by atoms with Crippen molar-refractivity contribution in [2.45, 2.75) is 26.7 Å². The Morgan fingerprint density at radius 1 is 1.46 bits per heavy atom. The van der Waals surface area contributed by atoms with Gasteiger partial charge in [-0.25, -0.2) is 0 Å². The third-order valence-electron chi connectivity index (χ3n) is 2.18. The van der Waals surface area contributed by atoms with E-state index in [1.165, 1.54) is 0 Å². The summed E-state index contributed by atoms with van der Waals surface area (Å²) in [7, 11) is 0. The van der Waals surface area contributed by atoms with E-state index < -0.39 is 0 Å². The van der Waals surface area contributed by atoms with Crippen molar-refractivity contribution in [2.24, 2.45) is 0 Å². The van der Waals surface area contributed by atoms with Gasteiger partial charge in [0.25, 0.3) is 0 Å². The molecular formula is C10H14BrNO. The van der Waals surface area contributed by atoms with Gasteiger partial charge in [0.15, 0.2) is 0 Å². The van der Waals surface area contributed by atoms with Crippen LogP contribution >= 0.6 is 15.9 Å². The smallest absolute Gasteiger partial charge is 0.133 e. The normalized spacial score (nSPS) is 10.8. The summed E-state index contributed by atoms with van der Waals surface area (Å²) >= 11 is 3.32. The topological polar surface area (TPSA) is 46.2 Å². The van der Waals surface area contributed by atoms with Crippen molar-refractivity contribution < 1.29 is 5.11 Å². The highest BCUT2D eigenvalue weighted by molar-refractivity contribution is 9.10. The number of phenolic OH excluding ortho intramolecular Hbond substituents is 1. The molecule has 0 heterocycles. The largest absolute Gasteiger partial charge is 0.506 e. The van der Waals surface area contributed by atoms with Crippen molar-refractivity contribution in [3.8, 4) is 5.75 Å². The van der Waals surface area contributed by atoms with E-state index in [2.05, 4.69) is 15.9 Å². The average Bonchev–Trinajstić information content (AvgIpc) is 2.07. The molecule has 0 spiro atoms. The number of halogens is 1. The summed E-state index contributed by atoms with van der Waals surface area (Å²) < 4.78 is 0.705. The first-order valence-electron chi connectivity index (χ1n) is 4.22. The fraction of sp³-hybridized carbons (Fsp3) is 0.400. The van der Waals surface area contributed by atoms with Gasteiger partial charge in [-0.05, 0) is 46.0 Å². The number of aromatic hydroxyl groups is 1. The lowest BCUT2D eigenvalue weighted by atomic mass is 9.99. The summed E-state index contributed by atoms with van der Waals surface area (Å²) in [6.45, 7) is 5.93. The Morgan fingerprint density at radius 3 is 2.46 bits per heavy atom. The van der Waals surface area contributed by atoms with Gasteiger partial charge in [0.1, 0.15) is 5.75 Å². The van der Waals surface area contributed by atoms with Gasteiger partial charge in [0.2, 0.25) is 0 Å². The van der Waals surface area contributed by atoms with Crippen LogP contribution in [0.4, 0.5) is 5.69 Å². The van der Waals surface area contributed by atoms with Crippen molar-refractivity contribution in [2.75, 3.05) is 5.73 Å². The Balaban J connectivity index is 3.41. The van der Waals surface area contributed by atoms with E-state index in [-0.39, 0.29) is 5.92 Å². The lowest BCUT2D eigenvalue weighted by Gasteiger charge is -2.13. The molecule has 0 saturated carbocycles. The predicted molar refractivity (Wildman–Crippen MR) is 59.0 cm³/mol. The number of benzene rings is 1. The van der Waals surface area contributed by atoms with Gasteiger partial charge in [0, 0.05) is 5.69 Å². The van der Waals surface area contributed by atoms with Crippen LogP contribution in [0.2, 0.25) is 0 Å². The highest BCUT2D eigenvalue weighted by Crippen LogP contribution is 2.38. The Kier molecular flexibility index (Phi) is 2.86. The Bertz CT molecular complexity index is 334. The lowest BCUT2D eigenvalue weighted by Crippen LogP contribution is -1.96. The van der Waals surface area contributed by atoms with Crippen LogP contribution in [0.15, 0.2) is 10.5 Å². The van der Waals surface area contributed by atoms with Gasteiger partial charge >= 0.3 is 0 Å². The summed E-state index contributed by atoms with van der Waals surface area (Å²) in [4.78, 5) is 0. The molecule has 72 valence electrons. The maximum atomic E-state index is 9.77. The molecule has 1 aromatic carbocycles. The zero-order valence-corrected chi connectivity index (χ0v) is 9.64. The van der Waals surface area contributed by atoms with Crippen LogP contribution in [-0.2, 0) is 0 Å². The van der Waals surface area contributed by atoms with Crippen LogP contribution in [-0.4, -0.2) is 5.11 Å². The number of hydrogen-bond acceptors (Lipinski definition) is 2. The molecule has 0 aliphatic heterocycles. The summed E-state index contributed by atoms with van der Waals surface area (Å²) in [6.07, 6.45) is 0. The van der Waals surface area contributed by atoms with Gasteiger partial charge in [-0.1, -0.05) is 13.8 Å². The summed E-state index contributed by atoms with van der Waals surface area (Å²) in [5, 5.41) is 9.77. The standard InChI is InChI=1S/C10H14BrNO/c1-5(2)7-4-8(12)6(3)9(11)10(7)13/h4-5,13H,12H2,1-3H3. The number of hydrogen-bond donors (Lipinski definition) is 2. The molecule has 0 radical (unpaired) electrons. The number of rotatable bonds is 1. The van der Waals surface area contributed by atoms with Crippen LogP contribution in [0, 0.1) is 6.92 Å². The molecule has 13 heavy (non-hydrogen) atoms. The summed E-state index contributed by atoms with van der Waals surface area (Å²) in [5.41, 5.74) is 8.28. The molecule has 0 fully saturated rings. The molecule has 0 saturated heterocycles. The molecule has 1 aromatic rings. The quantitative estimate of drug-likeness (QED) is 0.588. The maximum Gasteiger partial charge on any atom is 0.133 e. The number of nitrogen functional groups attached to an aromatic ring is 1. The monoisotopic (exact) mass is 243 g/mol. The molecule has 0 atom stereocenters. The molecular weight excluding hydrogens is 230 g/mol. The lowest BCUT2D eigenvalue weighted by molar-refractivity contribution is 0.461. The van der Waals surface area contributed by atoms with Gasteiger partial charge in [0.05, 0.1) is 4.47 Å². The average molecular weight is 244 g/mol. The zero-order chi connectivity index (χ0) is 10.2. The van der Waals surface area contributed by atoms with Crippen LogP contribution in [0.5, 0.6) is 5.75 Å². The van der Waals surface area contributed by atoms with E-state index in [0.29, 0.717) is 15.9 Å². The molecule has 3 N–H and O–H groups in total. The van der Waals surface area contributed by atoms with Crippen molar-refractivity contribution in [1.82, 2.24) is 0 Å². The first-order valence-corrected chi connectivity index (χ1v) is 5.01. The summed E-state index contributed by atoms with van der Waals surface area (Å²) in [6, 6.07) is 1.83. The number of anilines is 1. The van der Waals surface area contributed by atoms with Crippen LogP contribution in [0.1, 0.15) is 30.9 Å². The van der Waals surface area contributed by atoms with Gasteiger partial charge in [-0.2, -0.15) is 0 Å². The van der Waals surface area contributed by atoms with E-state index in [9.17, 15) is 5.11 Å². The Hall–Kier alpha value is -0.700. The molecule has 2 nitrogen and oxygen atoms in total.